The Balaban J connectivity index is 1.57. The number of ether oxygens (including phenoxy) is 2. The summed E-state index contributed by atoms with van der Waals surface area (Å²) < 4.78 is 13.4. The van der Waals surface area contributed by atoms with Gasteiger partial charge >= 0.3 is 5.97 Å². The molecule has 3 aromatic carbocycles. The Kier molecular flexibility index (Phi) is 7.26. The first-order valence-corrected chi connectivity index (χ1v) is 11.6. The number of aromatic carboxylic acids is 1. The number of nitrogens with zero attached hydrogens (tertiary/aromatic N) is 3. The number of hydrogen-bond donors (Lipinski definition) is 1. The van der Waals surface area contributed by atoms with Gasteiger partial charge in [-0.15, -0.1) is 0 Å². The van der Waals surface area contributed by atoms with E-state index in [1.165, 1.54) is 23.9 Å². The molecule has 0 aliphatic heterocycles. The van der Waals surface area contributed by atoms with Crippen LogP contribution in [0.5, 0.6) is 11.5 Å². The maximum absolute atomic E-state index is 13.0. The average Bonchev–Trinajstić information content (AvgIpc) is 2.87. The summed E-state index contributed by atoms with van der Waals surface area (Å²) in [5.41, 5.74) is 2.13. The molecule has 0 radical (unpaired) electrons. The van der Waals surface area contributed by atoms with Crippen LogP contribution < -0.4 is 15.0 Å². The summed E-state index contributed by atoms with van der Waals surface area (Å²) in [7, 11) is 1.54. The molecule has 9 heteroatoms. The Bertz CT molecular complexity index is 1480. The van der Waals surface area contributed by atoms with Gasteiger partial charge in [0.2, 0.25) is 0 Å². The van der Waals surface area contributed by atoms with Gasteiger partial charge in [0.15, 0.2) is 11.5 Å². The highest BCUT2D eigenvalue weighted by atomic mass is 79.9. The fourth-order valence-electron chi connectivity index (χ4n) is 3.46. The van der Waals surface area contributed by atoms with E-state index in [1.807, 2.05) is 13.0 Å². The van der Waals surface area contributed by atoms with E-state index in [-0.39, 0.29) is 17.7 Å². The van der Waals surface area contributed by atoms with Crippen molar-refractivity contribution in [1.29, 1.82) is 0 Å². The molecular formula is C26H22BrN3O5. The fraction of sp³-hybridized carbons (Fsp3) is 0.154. The second kappa shape index (κ2) is 10.5. The molecule has 178 valence electrons. The van der Waals surface area contributed by atoms with Crippen LogP contribution in [0, 0.1) is 0 Å². The van der Waals surface area contributed by atoms with Crippen molar-refractivity contribution >= 4 is 39.0 Å². The molecule has 1 N–H and O–H groups in total. The number of methoxy groups -OCH3 is 1. The zero-order valence-corrected chi connectivity index (χ0v) is 20.7. The van der Waals surface area contributed by atoms with Gasteiger partial charge in [-0.1, -0.05) is 35.0 Å². The van der Waals surface area contributed by atoms with Crippen LogP contribution in [-0.2, 0) is 13.0 Å². The molecule has 35 heavy (non-hydrogen) atoms. The molecule has 0 bridgehead atoms. The predicted molar refractivity (Wildman–Crippen MR) is 137 cm³/mol. The second-order valence-corrected chi connectivity index (χ2v) is 8.52. The van der Waals surface area contributed by atoms with Crippen molar-refractivity contribution in [3.8, 4) is 11.5 Å². The van der Waals surface area contributed by atoms with Gasteiger partial charge in [-0.25, -0.2) is 9.78 Å². The highest BCUT2D eigenvalue weighted by molar-refractivity contribution is 9.10. The number of carbonyl (C=O) groups is 1. The third kappa shape index (κ3) is 5.41. The van der Waals surface area contributed by atoms with Crippen LogP contribution in [-0.4, -0.2) is 34.1 Å². The number of halogens is 1. The van der Waals surface area contributed by atoms with Crippen molar-refractivity contribution in [3.63, 3.8) is 0 Å². The first kappa shape index (κ1) is 24.2. The Morgan fingerprint density at radius 1 is 1.11 bits per heavy atom. The Hall–Kier alpha value is -3.98. The number of fused-ring (bicyclic) bond motifs is 1. The van der Waals surface area contributed by atoms with Crippen molar-refractivity contribution in [3.05, 3.63) is 98.0 Å². The molecule has 0 aliphatic carbocycles. The molecular weight excluding hydrogens is 514 g/mol. The molecule has 0 atom stereocenters. The Morgan fingerprint density at radius 3 is 2.57 bits per heavy atom. The van der Waals surface area contributed by atoms with Crippen LogP contribution in [0.1, 0.15) is 34.2 Å². The average molecular weight is 536 g/mol. The van der Waals surface area contributed by atoms with Crippen LogP contribution in [0.15, 0.2) is 75.0 Å². The van der Waals surface area contributed by atoms with Gasteiger partial charge in [0.05, 0.1) is 29.8 Å². The normalized spacial score (nSPS) is 11.2. The molecule has 0 unspecified atom stereocenters. The van der Waals surface area contributed by atoms with E-state index in [0.29, 0.717) is 40.2 Å². The van der Waals surface area contributed by atoms with Crippen molar-refractivity contribution in [2.24, 2.45) is 5.10 Å². The lowest BCUT2D eigenvalue weighted by molar-refractivity contribution is 0.0697. The molecule has 0 fully saturated rings. The molecule has 0 spiro atoms. The summed E-state index contributed by atoms with van der Waals surface area (Å²) in [6, 6.07) is 17.2. The number of hydrogen-bond acceptors (Lipinski definition) is 6. The monoisotopic (exact) mass is 535 g/mol. The minimum atomic E-state index is -0.975. The number of aryl methyl sites for hydroxylation is 1. The quantitative estimate of drug-likeness (QED) is 0.322. The number of carboxylic acid groups (broad SMARTS) is 1. The molecule has 0 saturated carbocycles. The molecule has 0 amide bonds. The smallest absolute Gasteiger partial charge is 0.335 e. The van der Waals surface area contributed by atoms with E-state index < -0.39 is 5.97 Å². The maximum Gasteiger partial charge on any atom is 0.335 e. The van der Waals surface area contributed by atoms with Gasteiger partial charge in [0, 0.05) is 10.9 Å². The molecule has 0 saturated heterocycles. The minimum Gasteiger partial charge on any atom is -0.493 e. The zero-order chi connectivity index (χ0) is 24.9. The Labute approximate surface area is 209 Å². The van der Waals surface area contributed by atoms with Crippen LogP contribution in [0.2, 0.25) is 0 Å². The number of aromatic nitrogens is 2. The third-order valence-corrected chi connectivity index (χ3v) is 5.79. The van der Waals surface area contributed by atoms with Crippen molar-refractivity contribution < 1.29 is 19.4 Å². The molecule has 1 aromatic heterocycles. The van der Waals surface area contributed by atoms with E-state index >= 15 is 0 Å². The van der Waals surface area contributed by atoms with Gasteiger partial charge in [-0.3, -0.25) is 4.79 Å². The number of rotatable bonds is 8. The summed E-state index contributed by atoms with van der Waals surface area (Å²) in [5, 5.41) is 13.9. The molecule has 0 aliphatic rings. The van der Waals surface area contributed by atoms with E-state index in [0.717, 1.165) is 10.0 Å². The lowest BCUT2D eigenvalue weighted by Gasteiger charge is -2.12. The topological polar surface area (TPSA) is 103 Å². The van der Waals surface area contributed by atoms with Crippen LogP contribution in [0.3, 0.4) is 0 Å². The molecule has 4 aromatic rings. The summed E-state index contributed by atoms with van der Waals surface area (Å²) >= 11 is 3.40. The molecule has 1 heterocycles. The predicted octanol–water partition coefficient (Wildman–Crippen LogP) is 4.89. The first-order valence-electron chi connectivity index (χ1n) is 10.8. The molecule has 8 nitrogen and oxygen atoms in total. The minimum absolute atomic E-state index is 0.217. The number of carboxylic acids is 1. The highest BCUT2D eigenvalue weighted by Gasteiger charge is 2.11. The molecule has 4 rings (SSSR count). The van der Waals surface area contributed by atoms with E-state index in [4.69, 9.17) is 14.6 Å². The van der Waals surface area contributed by atoms with E-state index in [1.54, 1.807) is 48.7 Å². The maximum atomic E-state index is 13.0. The zero-order valence-electron chi connectivity index (χ0n) is 19.1. The standard InChI is InChI=1S/C26H22BrN3O5/c1-3-24-29-21-10-9-19(27)13-20(21)25(31)30(24)28-14-17-6-11-22(23(12-17)34-2)35-15-16-4-7-18(8-5-16)26(32)33/h4-14H,3,15H2,1-2H3,(H,32,33). The van der Waals surface area contributed by atoms with Crippen LogP contribution >= 0.6 is 15.9 Å². The van der Waals surface area contributed by atoms with E-state index in [2.05, 4.69) is 26.0 Å². The van der Waals surface area contributed by atoms with Gasteiger partial charge < -0.3 is 14.6 Å². The first-order chi connectivity index (χ1) is 16.9. The Morgan fingerprint density at radius 2 is 1.89 bits per heavy atom. The van der Waals surface area contributed by atoms with Gasteiger partial charge in [-0.2, -0.15) is 9.78 Å². The van der Waals surface area contributed by atoms with Gasteiger partial charge in [-0.05, 0) is 59.7 Å². The van der Waals surface area contributed by atoms with Gasteiger partial charge in [0.1, 0.15) is 12.4 Å². The summed E-state index contributed by atoms with van der Waals surface area (Å²) in [4.78, 5) is 28.6. The lowest BCUT2D eigenvalue weighted by atomic mass is 10.1. The second-order valence-electron chi connectivity index (χ2n) is 7.61. The highest BCUT2D eigenvalue weighted by Crippen LogP contribution is 2.28. The van der Waals surface area contributed by atoms with Crippen LogP contribution in [0.4, 0.5) is 0 Å². The summed E-state index contributed by atoms with van der Waals surface area (Å²) in [6.45, 7) is 2.17. The lowest BCUT2D eigenvalue weighted by Crippen LogP contribution is -2.22. The SMILES string of the molecule is CCc1nc2ccc(Br)cc2c(=O)n1N=Cc1ccc(OCc2ccc(C(=O)O)cc2)c(OC)c1. The third-order valence-electron chi connectivity index (χ3n) is 5.30. The largest absolute Gasteiger partial charge is 0.493 e. The van der Waals surface area contributed by atoms with Crippen LogP contribution in [0.25, 0.3) is 10.9 Å². The van der Waals surface area contributed by atoms with Gasteiger partial charge in [0.25, 0.3) is 5.56 Å². The number of benzene rings is 3. The van der Waals surface area contributed by atoms with Crippen molar-refractivity contribution in [2.75, 3.05) is 7.11 Å². The fourth-order valence-corrected chi connectivity index (χ4v) is 3.82. The summed E-state index contributed by atoms with van der Waals surface area (Å²) in [5.74, 6) is 0.606. The van der Waals surface area contributed by atoms with Crippen molar-refractivity contribution in [2.45, 2.75) is 20.0 Å². The van der Waals surface area contributed by atoms with Crippen molar-refractivity contribution in [1.82, 2.24) is 9.66 Å². The summed E-state index contributed by atoms with van der Waals surface area (Å²) in [6.07, 6.45) is 2.12. The van der Waals surface area contributed by atoms with E-state index in [9.17, 15) is 9.59 Å².